The molecule has 0 N–H and O–H groups in total. The second-order valence-corrected chi connectivity index (χ2v) is 14.7. The van der Waals surface area contributed by atoms with E-state index in [2.05, 4.69) is 191 Å². The molecule has 0 aliphatic rings. The molecule has 6 aromatic carbocycles. The van der Waals surface area contributed by atoms with Gasteiger partial charge in [-0.25, -0.2) is 0 Å². The molecule has 0 unspecified atom stereocenters. The lowest BCUT2D eigenvalue weighted by atomic mass is 10.2. The lowest BCUT2D eigenvalue weighted by molar-refractivity contribution is 1.13. The summed E-state index contributed by atoms with van der Waals surface area (Å²) in [5.74, 6) is 0. The van der Waals surface area contributed by atoms with Crippen LogP contribution in [0.3, 0.4) is 0 Å². The fourth-order valence-corrected chi connectivity index (χ4v) is 12.0. The Labute approximate surface area is 252 Å². The zero-order valence-electron chi connectivity index (χ0n) is 23.7. The van der Waals surface area contributed by atoms with E-state index < -0.39 is 8.07 Å². The Morgan fingerprint density at radius 1 is 0.326 bits per heavy atom. The normalized spacial score (nSPS) is 11.7. The molecule has 2 heterocycles. The molecule has 8 rings (SSSR count). The summed E-state index contributed by atoms with van der Waals surface area (Å²) in [6, 6.07) is 61.7. The lowest BCUT2D eigenvalue weighted by Crippen LogP contribution is -2.74. The molecule has 0 radical (unpaired) electrons. The van der Waals surface area contributed by atoms with Crippen molar-refractivity contribution in [2.45, 2.75) is 0 Å². The largest absolute Gasteiger partial charge is 0.317 e. The molecule has 0 atom stereocenters. The van der Waals surface area contributed by atoms with E-state index in [0.717, 1.165) is 0 Å². The maximum absolute atomic E-state index is 2.89. The number of aromatic nitrogens is 2. The highest BCUT2D eigenvalue weighted by molar-refractivity contribution is 7.21. The van der Waals surface area contributed by atoms with Crippen molar-refractivity contribution in [2.24, 2.45) is 0 Å². The zero-order chi connectivity index (χ0) is 28.6. The molecular formula is C40H30N2Si. The van der Waals surface area contributed by atoms with Crippen LogP contribution in [-0.4, -0.2) is 17.2 Å². The van der Waals surface area contributed by atoms with Crippen LogP contribution in [0.25, 0.3) is 33.2 Å². The van der Waals surface area contributed by atoms with E-state index in [-0.39, 0.29) is 0 Å². The Morgan fingerprint density at radius 2 is 0.651 bits per heavy atom. The van der Waals surface area contributed by atoms with Crippen LogP contribution in [0.15, 0.2) is 182 Å². The quantitative estimate of drug-likeness (QED) is 0.193. The van der Waals surface area contributed by atoms with E-state index in [4.69, 9.17) is 0 Å². The summed E-state index contributed by atoms with van der Waals surface area (Å²) in [6.45, 7) is 0. The third-order valence-corrected chi connectivity index (χ3v) is 13.5. The minimum absolute atomic E-state index is 1.17. The molecule has 0 saturated carbocycles. The van der Waals surface area contributed by atoms with Crippen LogP contribution in [0, 0.1) is 0 Å². The first-order valence-electron chi connectivity index (χ1n) is 14.8. The van der Waals surface area contributed by atoms with Gasteiger partial charge in [-0.3, -0.25) is 0 Å². The van der Waals surface area contributed by atoms with Crippen LogP contribution in [0.5, 0.6) is 0 Å². The average molecular weight is 567 g/mol. The fourth-order valence-electron chi connectivity index (χ4n) is 6.87. The van der Waals surface area contributed by atoms with Crippen molar-refractivity contribution in [3.8, 4) is 11.4 Å². The Bertz CT molecular complexity index is 2000. The summed E-state index contributed by atoms with van der Waals surface area (Å²) in [6.07, 6.45) is 4.86. The second kappa shape index (κ2) is 10.5. The molecule has 0 fully saturated rings. The Balaban J connectivity index is 1.57. The van der Waals surface area contributed by atoms with E-state index in [9.17, 15) is 0 Å². The van der Waals surface area contributed by atoms with Gasteiger partial charge in [-0.1, -0.05) is 133 Å². The molecular weight excluding hydrogens is 537 g/mol. The standard InChI is InChI=1S/C40H30N2Si/c1-5-17-31(18-6-1)41-29-39(35-25-13-15-27-37(35)41)43(33-21-9-3-10-22-33,34-23-11-4-12-24-34)40-30-42(32-19-7-2-8-20-32)38-28-16-14-26-36(38)40/h1-30H. The van der Waals surface area contributed by atoms with Crippen molar-refractivity contribution in [3.63, 3.8) is 0 Å². The first kappa shape index (κ1) is 25.3. The van der Waals surface area contributed by atoms with Crippen LogP contribution in [-0.2, 0) is 0 Å². The Kier molecular flexibility index (Phi) is 6.17. The molecule has 0 aliphatic heterocycles. The number of hydrogen-bond acceptors (Lipinski definition) is 0. The molecule has 2 aromatic heterocycles. The van der Waals surface area contributed by atoms with Gasteiger partial charge in [0.2, 0.25) is 0 Å². The molecule has 3 heteroatoms. The molecule has 2 nitrogen and oxygen atoms in total. The zero-order valence-corrected chi connectivity index (χ0v) is 24.7. The summed E-state index contributed by atoms with van der Waals surface area (Å²) in [4.78, 5) is 0. The third-order valence-electron chi connectivity index (χ3n) is 8.71. The van der Waals surface area contributed by atoms with Crippen LogP contribution in [0.2, 0.25) is 0 Å². The van der Waals surface area contributed by atoms with Gasteiger partial charge in [0.1, 0.15) is 0 Å². The van der Waals surface area contributed by atoms with Crippen LogP contribution in [0.1, 0.15) is 0 Å². The first-order valence-corrected chi connectivity index (χ1v) is 16.8. The molecule has 0 saturated heterocycles. The number of fused-ring (bicyclic) bond motifs is 2. The molecule has 8 aromatic rings. The highest BCUT2D eigenvalue weighted by Crippen LogP contribution is 2.27. The SMILES string of the molecule is c1ccc(-n2cc([Si](c3ccccc3)(c3ccccc3)c3cn(-c4ccccc4)c4ccccc34)c3ccccc32)cc1. The van der Waals surface area contributed by atoms with E-state index >= 15 is 0 Å². The van der Waals surface area contributed by atoms with Crippen LogP contribution < -0.4 is 20.7 Å². The summed E-state index contributed by atoms with van der Waals surface area (Å²) in [7, 11) is -2.89. The number of rotatable bonds is 6. The van der Waals surface area contributed by atoms with Gasteiger partial charge in [-0.05, 0) is 57.1 Å². The molecule has 204 valence electrons. The summed E-state index contributed by atoms with van der Waals surface area (Å²) >= 11 is 0. The van der Waals surface area contributed by atoms with Crippen molar-refractivity contribution in [3.05, 3.63) is 182 Å². The summed E-state index contributed by atoms with van der Waals surface area (Å²) < 4.78 is 4.77. The second-order valence-electron chi connectivity index (χ2n) is 11.0. The number of hydrogen-bond donors (Lipinski definition) is 0. The monoisotopic (exact) mass is 566 g/mol. The smallest absolute Gasteiger partial charge is 0.184 e. The lowest BCUT2D eigenvalue weighted by Gasteiger charge is -2.33. The first-order chi connectivity index (χ1) is 21.4. The number of para-hydroxylation sites is 4. The van der Waals surface area contributed by atoms with Crippen LogP contribution in [0.4, 0.5) is 0 Å². The maximum Gasteiger partial charge on any atom is 0.184 e. The van der Waals surface area contributed by atoms with Crippen molar-refractivity contribution in [1.82, 2.24) is 9.13 Å². The summed E-state index contributed by atoms with van der Waals surface area (Å²) in [5, 5.41) is 8.10. The van der Waals surface area contributed by atoms with Crippen molar-refractivity contribution in [1.29, 1.82) is 0 Å². The van der Waals surface area contributed by atoms with E-state index in [0.29, 0.717) is 0 Å². The highest BCUT2D eigenvalue weighted by Gasteiger charge is 2.45. The minimum atomic E-state index is -2.89. The molecule has 0 spiro atoms. The minimum Gasteiger partial charge on any atom is -0.317 e. The van der Waals surface area contributed by atoms with Gasteiger partial charge < -0.3 is 9.13 Å². The van der Waals surface area contributed by atoms with Gasteiger partial charge in [-0.15, -0.1) is 0 Å². The molecule has 0 bridgehead atoms. The van der Waals surface area contributed by atoms with Gasteiger partial charge in [-0.2, -0.15) is 0 Å². The van der Waals surface area contributed by atoms with Crippen LogP contribution >= 0.6 is 0 Å². The van der Waals surface area contributed by atoms with Gasteiger partial charge in [0, 0.05) is 34.5 Å². The topological polar surface area (TPSA) is 9.86 Å². The van der Waals surface area contributed by atoms with E-state index in [1.54, 1.807) is 0 Å². The predicted molar refractivity (Wildman–Crippen MR) is 184 cm³/mol. The maximum atomic E-state index is 2.43. The summed E-state index contributed by atoms with van der Waals surface area (Å²) in [5.41, 5.74) is 4.78. The average Bonchev–Trinajstić information content (AvgIpc) is 3.68. The Morgan fingerprint density at radius 3 is 1.05 bits per heavy atom. The van der Waals surface area contributed by atoms with Gasteiger partial charge in [0.25, 0.3) is 0 Å². The number of nitrogens with zero attached hydrogens (tertiary/aromatic N) is 2. The molecule has 0 aliphatic carbocycles. The van der Waals surface area contributed by atoms with E-state index in [1.165, 1.54) is 53.9 Å². The highest BCUT2D eigenvalue weighted by atomic mass is 28.3. The van der Waals surface area contributed by atoms with Gasteiger partial charge in [0.05, 0.1) is 11.0 Å². The van der Waals surface area contributed by atoms with Gasteiger partial charge in [0.15, 0.2) is 8.07 Å². The van der Waals surface area contributed by atoms with Crippen molar-refractivity contribution < 1.29 is 0 Å². The molecule has 0 amide bonds. The van der Waals surface area contributed by atoms with Crippen molar-refractivity contribution in [2.75, 3.05) is 0 Å². The fraction of sp³-hybridized carbons (Fsp3) is 0. The third kappa shape index (κ3) is 4.01. The number of benzene rings is 6. The molecule has 43 heavy (non-hydrogen) atoms. The van der Waals surface area contributed by atoms with E-state index in [1.807, 2.05) is 0 Å². The Hall–Kier alpha value is -5.38. The van der Waals surface area contributed by atoms with Gasteiger partial charge >= 0.3 is 0 Å². The predicted octanol–water partition coefficient (Wildman–Crippen LogP) is 6.95. The van der Waals surface area contributed by atoms with Crippen molar-refractivity contribution >= 4 is 50.6 Å².